The minimum Gasteiger partial charge on any atom is -0.358 e. The van der Waals surface area contributed by atoms with E-state index in [9.17, 15) is 18.0 Å². The van der Waals surface area contributed by atoms with Crippen molar-refractivity contribution in [3.63, 3.8) is 0 Å². The van der Waals surface area contributed by atoms with Gasteiger partial charge in [-0.05, 0) is 18.6 Å². The summed E-state index contributed by atoms with van der Waals surface area (Å²) in [5, 5.41) is 1.03. The van der Waals surface area contributed by atoms with Crippen LogP contribution in [0.25, 0.3) is 10.9 Å². The maximum Gasteiger partial charge on any atom is 0.401 e. The van der Waals surface area contributed by atoms with Crippen LogP contribution >= 0.6 is 0 Å². The number of halogens is 3. The van der Waals surface area contributed by atoms with Crippen molar-refractivity contribution in [2.24, 2.45) is 0 Å². The molecule has 1 fully saturated rings. The standard InChI is InChI=1S/C17H20F3N3O/c1-12-14(13-4-2-3-5-15(13)21-12)10-16(24)23-8-6-22(7-9-23)11-17(18,19)20/h2-5,21H,6-11H2,1H3. The lowest BCUT2D eigenvalue weighted by Crippen LogP contribution is -2.51. The highest BCUT2D eigenvalue weighted by molar-refractivity contribution is 5.90. The summed E-state index contributed by atoms with van der Waals surface area (Å²) >= 11 is 0. The van der Waals surface area contributed by atoms with Gasteiger partial charge in [0.05, 0.1) is 13.0 Å². The van der Waals surface area contributed by atoms with Gasteiger partial charge in [0.2, 0.25) is 5.91 Å². The maximum absolute atomic E-state index is 12.5. The number of hydrogen-bond donors (Lipinski definition) is 1. The zero-order valence-corrected chi connectivity index (χ0v) is 13.5. The number of amides is 1. The number of benzene rings is 1. The third-order valence-corrected chi connectivity index (χ3v) is 4.48. The van der Waals surface area contributed by atoms with Gasteiger partial charge in [0.25, 0.3) is 0 Å². The van der Waals surface area contributed by atoms with Crippen LogP contribution in [0.4, 0.5) is 13.2 Å². The minimum absolute atomic E-state index is 0.0329. The molecule has 3 rings (SSSR count). The van der Waals surface area contributed by atoms with Gasteiger partial charge in [0.15, 0.2) is 0 Å². The third-order valence-electron chi connectivity index (χ3n) is 4.48. The number of alkyl halides is 3. The first-order valence-electron chi connectivity index (χ1n) is 7.96. The number of aromatic nitrogens is 1. The Balaban J connectivity index is 1.63. The molecule has 24 heavy (non-hydrogen) atoms. The number of hydrogen-bond acceptors (Lipinski definition) is 2. The van der Waals surface area contributed by atoms with Crippen molar-refractivity contribution < 1.29 is 18.0 Å². The number of fused-ring (bicyclic) bond motifs is 1. The SMILES string of the molecule is Cc1[nH]c2ccccc2c1CC(=O)N1CCN(CC(F)(F)F)CC1. The topological polar surface area (TPSA) is 39.3 Å². The molecule has 0 aliphatic carbocycles. The summed E-state index contributed by atoms with van der Waals surface area (Å²) < 4.78 is 37.2. The van der Waals surface area contributed by atoms with Crippen LogP contribution in [0.2, 0.25) is 0 Å². The first kappa shape index (κ1) is 16.8. The number of nitrogens with one attached hydrogen (secondary N) is 1. The molecule has 0 radical (unpaired) electrons. The molecule has 2 heterocycles. The van der Waals surface area contributed by atoms with E-state index in [1.165, 1.54) is 4.90 Å². The van der Waals surface area contributed by atoms with Crippen LogP contribution < -0.4 is 0 Å². The molecule has 1 aromatic carbocycles. The Bertz CT molecular complexity index is 730. The van der Waals surface area contributed by atoms with Gasteiger partial charge in [-0.15, -0.1) is 0 Å². The highest BCUT2D eigenvalue weighted by Gasteiger charge is 2.32. The monoisotopic (exact) mass is 339 g/mol. The zero-order valence-electron chi connectivity index (χ0n) is 13.5. The molecular formula is C17H20F3N3O. The van der Waals surface area contributed by atoms with E-state index in [0.717, 1.165) is 22.2 Å². The second kappa shape index (κ2) is 6.47. The molecule has 0 spiro atoms. The summed E-state index contributed by atoms with van der Waals surface area (Å²) in [7, 11) is 0. The van der Waals surface area contributed by atoms with Crippen molar-refractivity contribution >= 4 is 16.8 Å². The molecule has 1 aromatic heterocycles. The van der Waals surface area contributed by atoms with Gasteiger partial charge < -0.3 is 9.88 Å². The highest BCUT2D eigenvalue weighted by Crippen LogP contribution is 2.23. The van der Waals surface area contributed by atoms with E-state index in [1.807, 2.05) is 31.2 Å². The van der Waals surface area contributed by atoms with Gasteiger partial charge in [0.1, 0.15) is 0 Å². The highest BCUT2D eigenvalue weighted by atomic mass is 19.4. The molecule has 1 amide bonds. The Hall–Kier alpha value is -2.02. The predicted octanol–water partition coefficient (Wildman–Crippen LogP) is 2.73. The molecule has 1 N–H and O–H groups in total. The molecule has 1 aliphatic heterocycles. The second-order valence-corrected chi connectivity index (χ2v) is 6.22. The Morgan fingerprint density at radius 2 is 1.83 bits per heavy atom. The number of para-hydroxylation sites is 1. The molecule has 0 saturated carbocycles. The quantitative estimate of drug-likeness (QED) is 0.934. The summed E-state index contributed by atoms with van der Waals surface area (Å²) in [6.07, 6.45) is -3.91. The number of aromatic amines is 1. The average molecular weight is 339 g/mol. The van der Waals surface area contributed by atoms with E-state index >= 15 is 0 Å². The Morgan fingerprint density at radius 1 is 1.17 bits per heavy atom. The molecule has 1 aliphatic rings. The molecule has 2 aromatic rings. The van der Waals surface area contributed by atoms with Crippen molar-refractivity contribution in [3.05, 3.63) is 35.5 Å². The number of piperazine rings is 1. The largest absolute Gasteiger partial charge is 0.401 e. The first-order chi connectivity index (χ1) is 11.3. The van der Waals surface area contributed by atoms with Gasteiger partial charge in [-0.2, -0.15) is 13.2 Å². The number of rotatable bonds is 3. The fourth-order valence-electron chi connectivity index (χ4n) is 3.23. The molecule has 0 bridgehead atoms. The molecule has 4 nitrogen and oxygen atoms in total. The number of carbonyl (C=O) groups is 1. The van der Waals surface area contributed by atoms with Gasteiger partial charge in [-0.3, -0.25) is 9.69 Å². The van der Waals surface area contributed by atoms with E-state index in [2.05, 4.69) is 4.98 Å². The van der Waals surface area contributed by atoms with Gasteiger partial charge >= 0.3 is 6.18 Å². The molecule has 0 unspecified atom stereocenters. The lowest BCUT2D eigenvalue weighted by atomic mass is 10.1. The summed E-state index contributed by atoms with van der Waals surface area (Å²) in [6, 6.07) is 7.80. The van der Waals surface area contributed by atoms with Crippen molar-refractivity contribution in [1.29, 1.82) is 0 Å². The van der Waals surface area contributed by atoms with Crippen LogP contribution in [0, 0.1) is 6.92 Å². The number of nitrogens with zero attached hydrogens (tertiary/aromatic N) is 2. The van der Waals surface area contributed by atoms with Crippen LogP contribution in [0.1, 0.15) is 11.3 Å². The first-order valence-corrected chi connectivity index (χ1v) is 7.96. The van der Waals surface area contributed by atoms with Crippen LogP contribution in [0.15, 0.2) is 24.3 Å². The van der Waals surface area contributed by atoms with Gasteiger partial charge in [-0.25, -0.2) is 0 Å². The van der Waals surface area contributed by atoms with Crippen molar-refractivity contribution in [3.8, 4) is 0 Å². The fourth-order valence-corrected chi connectivity index (χ4v) is 3.23. The van der Waals surface area contributed by atoms with E-state index in [-0.39, 0.29) is 25.4 Å². The number of H-pyrrole nitrogens is 1. The van der Waals surface area contributed by atoms with Crippen LogP contribution in [-0.4, -0.2) is 59.6 Å². The smallest absolute Gasteiger partial charge is 0.358 e. The predicted molar refractivity (Wildman–Crippen MR) is 85.8 cm³/mol. The molecule has 7 heteroatoms. The number of carbonyl (C=O) groups excluding carboxylic acids is 1. The van der Waals surface area contributed by atoms with Crippen LogP contribution in [-0.2, 0) is 11.2 Å². The van der Waals surface area contributed by atoms with E-state index < -0.39 is 12.7 Å². The maximum atomic E-state index is 12.5. The summed E-state index contributed by atoms with van der Waals surface area (Å²) in [4.78, 5) is 18.8. The van der Waals surface area contributed by atoms with E-state index in [4.69, 9.17) is 0 Å². The second-order valence-electron chi connectivity index (χ2n) is 6.22. The molecule has 1 saturated heterocycles. The third kappa shape index (κ3) is 3.72. The van der Waals surface area contributed by atoms with E-state index in [0.29, 0.717) is 13.1 Å². The summed E-state index contributed by atoms with van der Waals surface area (Å²) in [5.41, 5.74) is 2.92. The van der Waals surface area contributed by atoms with E-state index in [1.54, 1.807) is 4.90 Å². The fraction of sp³-hybridized carbons (Fsp3) is 0.471. The lowest BCUT2D eigenvalue weighted by Gasteiger charge is -2.35. The van der Waals surface area contributed by atoms with Crippen molar-refractivity contribution in [2.75, 3.05) is 32.7 Å². The van der Waals surface area contributed by atoms with Gasteiger partial charge in [0, 0.05) is 42.8 Å². The Morgan fingerprint density at radius 3 is 2.50 bits per heavy atom. The Labute approximate surface area is 138 Å². The minimum atomic E-state index is -4.19. The Kier molecular flexibility index (Phi) is 4.54. The lowest BCUT2D eigenvalue weighted by molar-refractivity contribution is -0.151. The molecule has 0 atom stereocenters. The number of aryl methyl sites for hydroxylation is 1. The average Bonchev–Trinajstić information content (AvgIpc) is 2.82. The molecular weight excluding hydrogens is 319 g/mol. The van der Waals surface area contributed by atoms with Crippen molar-refractivity contribution in [2.45, 2.75) is 19.5 Å². The van der Waals surface area contributed by atoms with Gasteiger partial charge in [-0.1, -0.05) is 18.2 Å². The summed E-state index contributed by atoms with van der Waals surface area (Å²) in [5.74, 6) is -0.0329. The molecule has 130 valence electrons. The zero-order chi connectivity index (χ0) is 17.3. The van der Waals surface area contributed by atoms with Crippen LogP contribution in [0.5, 0.6) is 0 Å². The van der Waals surface area contributed by atoms with Crippen LogP contribution in [0.3, 0.4) is 0 Å². The summed E-state index contributed by atoms with van der Waals surface area (Å²) in [6.45, 7) is 2.24. The van der Waals surface area contributed by atoms with Crippen molar-refractivity contribution in [1.82, 2.24) is 14.8 Å². The normalized spacial score (nSPS) is 16.8.